The van der Waals surface area contributed by atoms with Crippen LogP contribution in [-0.4, -0.2) is 27.7 Å². The summed E-state index contributed by atoms with van der Waals surface area (Å²) in [5.74, 6) is -1.73. The molecule has 0 aliphatic carbocycles. The molecule has 0 fully saturated rings. The Bertz CT molecular complexity index is 442. The standard InChI is InChI=1S/C13H14O4S/c1-9(14)18-8-11(7-12(15)16)13(17)10-5-3-2-4-6-10/h2-6,11H,7-8H2,1H3,(H,15,16). The summed E-state index contributed by atoms with van der Waals surface area (Å²) in [4.78, 5) is 33.7. The van der Waals surface area contributed by atoms with Gasteiger partial charge in [0.15, 0.2) is 10.9 Å². The van der Waals surface area contributed by atoms with Crippen molar-refractivity contribution in [2.24, 2.45) is 5.92 Å². The predicted molar refractivity (Wildman–Crippen MR) is 69.7 cm³/mol. The van der Waals surface area contributed by atoms with Crippen LogP contribution in [0.5, 0.6) is 0 Å². The fraction of sp³-hybridized carbons (Fsp3) is 0.308. The zero-order chi connectivity index (χ0) is 13.5. The zero-order valence-corrected chi connectivity index (χ0v) is 10.8. The molecule has 18 heavy (non-hydrogen) atoms. The highest BCUT2D eigenvalue weighted by Gasteiger charge is 2.23. The molecule has 1 N–H and O–H groups in total. The zero-order valence-electron chi connectivity index (χ0n) is 9.96. The number of carboxylic acid groups (broad SMARTS) is 1. The molecule has 96 valence electrons. The van der Waals surface area contributed by atoms with E-state index >= 15 is 0 Å². The smallest absolute Gasteiger partial charge is 0.304 e. The normalized spacial score (nSPS) is 11.8. The number of benzene rings is 1. The molecule has 0 bridgehead atoms. The minimum atomic E-state index is -1.03. The predicted octanol–water partition coefficient (Wildman–Crippen LogP) is 2.24. The molecule has 0 spiro atoms. The summed E-state index contributed by atoms with van der Waals surface area (Å²) < 4.78 is 0. The SMILES string of the molecule is CC(=O)SCC(CC(=O)O)C(=O)c1ccccc1. The lowest BCUT2D eigenvalue weighted by Gasteiger charge is -2.12. The molecule has 0 heterocycles. The first kappa shape index (κ1) is 14.4. The van der Waals surface area contributed by atoms with E-state index < -0.39 is 11.9 Å². The molecule has 1 rings (SSSR count). The van der Waals surface area contributed by atoms with Gasteiger partial charge < -0.3 is 5.11 Å². The van der Waals surface area contributed by atoms with Crippen LogP contribution in [-0.2, 0) is 9.59 Å². The van der Waals surface area contributed by atoms with Crippen LogP contribution < -0.4 is 0 Å². The Morgan fingerprint density at radius 3 is 2.33 bits per heavy atom. The van der Waals surface area contributed by atoms with Crippen molar-refractivity contribution >= 4 is 28.6 Å². The number of carboxylic acids is 1. The van der Waals surface area contributed by atoms with E-state index in [-0.39, 0.29) is 23.1 Å². The lowest BCUT2D eigenvalue weighted by molar-refractivity contribution is -0.137. The van der Waals surface area contributed by atoms with Crippen LogP contribution in [0.2, 0.25) is 0 Å². The maximum Gasteiger partial charge on any atom is 0.304 e. The van der Waals surface area contributed by atoms with Crippen molar-refractivity contribution in [3.05, 3.63) is 35.9 Å². The Hall–Kier alpha value is -1.62. The summed E-state index contributed by atoms with van der Waals surface area (Å²) in [6.07, 6.45) is -0.256. The number of rotatable bonds is 6. The van der Waals surface area contributed by atoms with E-state index in [1.165, 1.54) is 6.92 Å². The summed E-state index contributed by atoms with van der Waals surface area (Å²) in [5, 5.41) is 8.68. The number of hydrogen-bond acceptors (Lipinski definition) is 4. The molecule has 0 aliphatic heterocycles. The largest absolute Gasteiger partial charge is 0.481 e. The van der Waals surface area contributed by atoms with E-state index in [1.807, 2.05) is 0 Å². The molecule has 5 heteroatoms. The molecule has 0 radical (unpaired) electrons. The molecule has 0 aliphatic rings. The first-order valence-electron chi connectivity index (χ1n) is 5.45. The Labute approximate surface area is 109 Å². The van der Waals surface area contributed by atoms with Crippen molar-refractivity contribution in [3.63, 3.8) is 0 Å². The van der Waals surface area contributed by atoms with Gasteiger partial charge in [-0.05, 0) is 0 Å². The van der Waals surface area contributed by atoms with Crippen LogP contribution in [0.1, 0.15) is 23.7 Å². The molecule has 4 nitrogen and oxygen atoms in total. The summed E-state index contributed by atoms with van der Waals surface area (Å²) in [6.45, 7) is 1.40. The third-order valence-electron chi connectivity index (χ3n) is 2.34. The lowest BCUT2D eigenvalue weighted by Crippen LogP contribution is -2.21. The quantitative estimate of drug-likeness (QED) is 0.799. The van der Waals surface area contributed by atoms with Gasteiger partial charge in [0.25, 0.3) is 0 Å². The average molecular weight is 266 g/mol. The topological polar surface area (TPSA) is 71.4 Å². The van der Waals surface area contributed by atoms with Crippen LogP contribution in [0.25, 0.3) is 0 Å². The van der Waals surface area contributed by atoms with Crippen molar-refractivity contribution in [2.45, 2.75) is 13.3 Å². The molecule has 1 aromatic carbocycles. The number of aliphatic carboxylic acids is 1. The van der Waals surface area contributed by atoms with Gasteiger partial charge in [-0.2, -0.15) is 0 Å². The van der Waals surface area contributed by atoms with Gasteiger partial charge in [0.1, 0.15) is 0 Å². The van der Waals surface area contributed by atoms with E-state index in [2.05, 4.69) is 0 Å². The number of hydrogen-bond donors (Lipinski definition) is 1. The van der Waals surface area contributed by atoms with E-state index in [1.54, 1.807) is 30.3 Å². The number of carbonyl (C=O) groups is 3. The van der Waals surface area contributed by atoms with Crippen LogP contribution in [0.4, 0.5) is 0 Å². The molecule has 0 amide bonds. The van der Waals surface area contributed by atoms with Crippen LogP contribution in [0.3, 0.4) is 0 Å². The van der Waals surface area contributed by atoms with E-state index in [9.17, 15) is 14.4 Å². The third kappa shape index (κ3) is 4.71. The summed E-state index contributed by atoms with van der Waals surface area (Å²) >= 11 is 0.981. The first-order chi connectivity index (χ1) is 8.50. The van der Waals surface area contributed by atoms with Gasteiger partial charge in [-0.1, -0.05) is 42.1 Å². The van der Waals surface area contributed by atoms with Gasteiger partial charge in [-0.25, -0.2) is 0 Å². The number of thioether (sulfide) groups is 1. The second kappa shape index (κ2) is 6.96. The van der Waals surface area contributed by atoms with Crippen molar-refractivity contribution < 1.29 is 19.5 Å². The van der Waals surface area contributed by atoms with Crippen molar-refractivity contribution in [3.8, 4) is 0 Å². The maximum absolute atomic E-state index is 12.1. The summed E-state index contributed by atoms with van der Waals surface area (Å²) in [5.41, 5.74) is 0.480. The molecule has 1 atom stereocenters. The first-order valence-corrected chi connectivity index (χ1v) is 6.43. The molecular formula is C13H14O4S. The third-order valence-corrected chi connectivity index (χ3v) is 3.31. The van der Waals surface area contributed by atoms with Crippen molar-refractivity contribution in [2.75, 3.05) is 5.75 Å². The Morgan fingerprint density at radius 1 is 1.22 bits per heavy atom. The van der Waals surface area contributed by atoms with Gasteiger partial charge in [-0.15, -0.1) is 0 Å². The second-order valence-corrected chi connectivity index (χ2v) is 5.02. The van der Waals surface area contributed by atoms with Gasteiger partial charge in [0.2, 0.25) is 0 Å². The minimum absolute atomic E-state index is 0.119. The Balaban J connectivity index is 2.78. The second-order valence-electron chi connectivity index (χ2n) is 3.83. The highest BCUT2D eigenvalue weighted by molar-refractivity contribution is 8.13. The van der Waals surface area contributed by atoms with Crippen molar-refractivity contribution in [1.29, 1.82) is 0 Å². The van der Waals surface area contributed by atoms with Gasteiger partial charge in [0, 0.05) is 24.2 Å². The molecule has 0 saturated heterocycles. The highest BCUT2D eigenvalue weighted by atomic mass is 32.2. The number of Topliss-reactive ketones (excluding diaryl/α,β-unsaturated/α-hetero) is 1. The van der Waals surface area contributed by atoms with Gasteiger partial charge in [0.05, 0.1) is 6.42 Å². The van der Waals surface area contributed by atoms with Gasteiger partial charge in [-0.3, -0.25) is 14.4 Å². The molecule has 1 aromatic rings. The molecular weight excluding hydrogens is 252 g/mol. The molecule has 0 saturated carbocycles. The average Bonchev–Trinajstić information content (AvgIpc) is 2.34. The Morgan fingerprint density at radius 2 is 1.83 bits per heavy atom. The number of carbonyl (C=O) groups excluding carboxylic acids is 2. The van der Waals surface area contributed by atoms with E-state index in [4.69, 9.17) is 5.11 Å². The molecule has 0 aromatic heterocycles. The summed E-state index contributed by atoms with van der Waals surface area (Å²) in [7, 11) is 0. The van der Waals surface area contributed by atoms with E-state index in [0.717, 1.165) is 11.8 Å². The molecule has 1 unspecified atom stereocenters. The van der Waals surface area contributed by atoms with Crippen LogP contribution >= 0.6 is 11.8 Å². The van der Waals surface area contributed by atoms with E-state index in [0.29, 0.717) is 5.56 Å². The highest BCUT2D eigenvalue weighted by Crippen LogP contribution is 2.18. The summed E-state index contributed by atoms with van der Waals surface area (Å²) in [6, 6.07) is 8.53. The minimum Gasteiger partial charge on any atom is -0.481 e. The maximum atomic E-state index is 12.1. The van der Waals surface area contributed by atoms with Crippen molar-refractivity contribution in [1.82, 2.24) is 0 Å². The fourth-order valence-electron chi connectivity index (χ4n) is 1.49. The van der Waals surface area contributed by atoms with Crippen LogP contribution in [0.15, 0.2) is 30.3 Å². The monoisotopic (exact) mass is 266 g/mol. The fourth-order valence-corrected chi connectivity index (χ4v) is 2.20. The number of ketones is 1. The van der Waals surface area contributed by atoms with Gasteiger partial charge >= 0.3 is 5.97 Å². The van der Waals surface area contributed by atoms with Crippen LogP contribution in [0, 0.1) is 5.92 Å². The lowest BCUT2D eigenvalue weighted by atomic mass is 9.96. The Kier molecular flexibility index (Phi) is 5.58.